The lowest BCUT2D eigenvalue weighted by atomic mass is 10.1. The normalized spacial score (nSPS) is 17.2. The van der Waals surface area contributed by atoms with Gasteiger partial charge in [0.05, 0.1) is 0 Å². The van der Waals surface area contributed by atoms with E-state index in [9.17, 15) is 0 Å². The fourth-order valence-corrected chi connectivity index (χ4v) is 4.32. The molecule has 5 rings (SSSR count). The van der Waals surface area contributed by atoms with Gasteiger partial charge in [0.25, 0.3) is 0 Å². The summed E-state index contributed by atoms with van der Waals surface area (Å²) in [4.78, 5) is 23.7. The largest absolute Gasteiger partial charge is 0.363 e. The van der Waals surface area contributed by atoms with E-state index in [0.29, 0.717) is 28.7 Å². The summed E-state index contributed by atoms with van der Waals surface area (Å²) in [6.45, 7) is 6.18. The number of piperazine rings is 1. The van der Waals surface area contributed by atoms with Crippen molar-refractivity contribution >= 4 is 40.3 Å². The number of anilines is 3. The van der Waals surface area contributed by atoms with E-state index in [2.05, 4.69) is 32.6 Å². The quantitative estimate of drug-likeness (QED) is 0.629. The second kappa shape index (κ2) is 9.20. The second-order valence-corrected chi connectivity index (χ2v) is 8.36. The molecule has 0 spiro atoms. The van der Waals surface area contributed by atoms with Crippen molar-refractivity contribution in [1.29, 1.82) is 0 Å². The zero-order chi connectivity index (χ0) is 21.0. The molecule has 2 aromatic heterocycles. The number of piperidine rings is 1. The maximum absolute atomic E-state index is 6.54. The molecule has 8 nitrogen and oxygen atoms in total. The first kappa shape index (κ1) is 20.2. The van der Waals surface area contributed by atoms with E-state index in [1.807, 2.05) is 18.2 Å². The van der Waals surface area contributed by atoms with Crippen LogP contribution in [0.3, 0.4) is 0 Å². The molecule has 9 heteroatoms. The minimum atomic E-state index is 0.347. The maximum Gasteiger partial charge on any atom is 0.229 e. The lowest BCUT2D eigenvalue weighted by Gasteiger charge is -2.31. The first-order chi connectivity index (χ1) is 15.3. The van der Waals surface area contributed by atoms with Crippen LogP contribution in [0.5, 0.6) is 0 Å². The molecule has 0 atom stereocenters. The smallest absolute Gasteiger partial charge is 0.229 e. The highest BCUT2D eigenvalue weighted by atomic mass is 35.5. The van der Waals surface area contributed by atoms with Crippen molar-refractivity contribution in [2.45, 2.75) is 25.8 Å². The van der Waals surface area contributed by atoms with Crippen molar-refractivity contribution in [2.24, 2.45) is 0 Å². The number of fused-ring (bicyclic) bond motifs is 1. The molecule has 2 fully saturated rings. The Morgan fingerprint density at radius 2 is 1.65 bits per heavy atom. The number of benzene rings is 1. The van der Waals surface area contributed by atoms with E-state index in [4.69, 9.17) is 31.5 Å². The Morgan fingerprint density at radius 3 is 2.42 bits per heavy atom. The number of nitrogens with one attached hydrogen (secondary N) is 2. The summed E-state index contributed by atoms with van der Waals surface area (Å²) in [6.07, 6.45) is 3.57. The van der Waals surface area contributed by atoms with Gasteiger partial charge in [0.15, 0.2) is 28.0 Å². The van der Waals surface area contributed by atoms with E-state index in [0.717, 1.165) is 69.4 Å². The Morgan fingerprint density at radius 1 is 0.871 bits per heavy atom. The summed E-state index contributed by atoms with van der Waals surface area (Å²) in [5, 5.41) is 7.05. The van der Waals surface area contributed by atoms with E-state index >= 15 is 0 Å². The molecule has 0 saturated carbocycles. The van der Waals surface area contributed by atoms with Crippen LogP contribution in [0.15, 0.2) is 30.3 Å². The third-order valence-electron chi connectivity index (χ3n) is 5.82. The summed E-state index contributed by atoms with van der Waals surface area (Å²) >= 11 is 6.54. The number of halogens is 1. The van der Waals surface area contributed by atoms with Crippen LogP contribution in [0.1, 0.15) is 24.8 Å². The topological polar surface area (TPSA) is 82.1 Å². The van der Waals surface area contributed by atoms with Crippen molar-refractivity contribution in [3.05, 3.63) is 41.0 Å². The van der Waals surface area contributed by atoms with Crippen molar-refractivity contribution < 1.29 is 0 Å². The molecule has 0 bridgehead atoms. The van der Waals surface area contributed by atoms with Gasteiger partial charge in [-0.2, -0.15) is 9.97 Å². The van der Waals surface area contributed by atoms with Crippen LogP contribution < -0.4 is 20.4 Å². The zero-order valence-electron chi connectivity index (χ0n) is 17.5. The van der Waals surface area contributed by atoms with E-state index in [1.165, 1.54) is 6.42 Å². The lowest BCUT2D eigenvalue weighted by Crippen LogP contribution is -2.44. The molecule has 1 aromatic carbocycles. The van der Waals surface area contributed by atoms with Gasteiger partial charge >= 0.3 is 0 Å². The molecule has 4 heterocycles. The third-order valence-corrected chi connectivity index (χ3v) is 6.08. The summed E-state index contributed by atoms with van der Waals surface area (Å²) < 4.78 is 0. The molecule has 3 aromatic rings. The molecule has 2 N–H and O–H groups in total. The summed E-state index contributed by atoms with van der Waals surface area (Å²) in [6, 6.07) is 10.2. The highest BCUT2D eigenvalue weighted by Gasteiger charge is 2.23. The first-order valence-corrected chi connectivity index (χ1v) is 11.4. The highest BCUT2D eigenvalue weighted by molar-refractivity contribution is 6.32. The average molecular weight is 439 g/mol. The minimum Gasteiger partial charge on any atom is -0.363 e. The van der Waals surface area contributed by atoms with Gasteiger partial charge in [-0.15, -0.1) is 0 Å². The van der Waals surface area contributed by atoms with Crippen LogP contribution in [-0.2, 0) is 6.54 Å². The number of rotatable bonds is 5. The first-order valence-electron chi connectivity index (χ1n) is 11.0. The molecule has 0 aliphatic carbocycles. The summed E-state index contributed by atoms with van der Waals surface area (Å²) in [5.41, 5.74) is 2.42. The monoisotopic (exact) mass is 438 g/mol. The number of aromatic nitrogens is 4. The van der Waals surface area contributed by atoms with Gasteiger partial charge in [0.1, 0.15) is 0 Å². The van der Waals surface area contributed by atoms with Crippen LogP contribution in [0.4, 0.5) is 17.6 Å². The van der Waals surface area contributed by atoms with Crippen LogP contribution >= 0.6 is 11.6 Å². The molecule has 0 unspecified atom stereocenters. The van der Waals surface area contributed by atoms with Crippen molar-refractivity contribution in [1.82, 2.24) is 25.3 Å². The molecule has 2 saturated heterocycles. The van der Waals surface area contributed by atoms with Crippen molar-refractivity contribution in [2.75, 3.05) is 54.4 Å². The molecule has 162 valence electrons. The number of nitrogens with zero attached hydrogens (tertiary/aromatic N) is 6. The third kappa shape index (κ3) is 4.50. The molecule has 0 amide bonds. The van der Waals surface area contributed by atoms with Crippen LogP contribution in [0.2, 0.25) is 5.15 Å². The molecule has 31 heavy (non-hydrogen) atoms. The van der Waals surface area contributed by atoms with Crippen LogP contribution in [0, 0.1) is 0 Å². The molecule has 2 aliphatic heterocycles. The lowest BCUT2D eigenvalue weighted by molar-refractivity contribution is 0.568. The molecular weight excluding hydrogens is 412 g/mol. The highest BCUT2D eigenvalue weighted by Crippen LogP contribution is 2.30. The second-order valence-electron chi connectivity index (χ2n) is 8.01. The van der Waals surface area contributed by atoms with E-state index < -0.39 is 0 Å². The molecule has 0 radical (unpaired) electrons. The summed E-state index contributed by atoms with van der Waals surface area (Å²) in [7, 11) is 0. The van der Waals surface area contributed by atoms with Gasteiger partial charge in [-0.3, -0.25) is 0 Å². The Labute approximate surface area is 187 Å². The maximum atomic E-state index is 6.54. The van der Waals surface area contributed by atoms with Gasteiger partial charge in [0.2, 0.25) is 5.95 Å². The minimum absolute atomic E-state index is 0.347. The Kier molecular flexibility index (Phi) is 5.99. The fraction of sp³-hybridized carbons (Fsp3) is 0.455. The Bertz CT molecular complexity index is 1030. The average Bonchev–Trinajstić information content (AvgIpc) is 2.84. The predicted molar refractivity (Wildman–Crippen MR) is 125 cm³/mol. The molecular formula is C22H27ClN8. The predicted octanol–water partition coefficient (Wildman–Crippen LogP) is 3.09. The van der Waals surface area contributed by atoms with Crippen molar-refractivity contribution in [3.63, 3.8) is 0 Å². The van der Waals surface area contributed by atoms with Gasteiger partial charge in [-0.1, -0.05) is 41.9 Å². The zero-order valence-corrected chi connectivity index (χ0v) is 18.3. The standard InChI is InChI=1S/C22H27ClN8/c23-18-20(25-15-16-7-3-1-4-8-16)27-19-17(26-18)21(30-11-5-2-6-12-30)29-22(28-19)31-13-9-24-10-14-31/h1,3-4,7-8,24H,2,5-6,9-15H2,(H,25,27,28,29). The number of hydrogen-bond donors (Lipinski definition) is 2. The van der Waals surface area contributed by atoms with Gasteiger partial charge in [-0.25, -0.2) is 9.97 Å². The van der Waals surface area contributed by atoms with Gasteiger partial charge in [0, 0.05) is 45.8 Å². The Balaban J connectivity index is 1.53. The van der Waals surface area contributed by atoms with Crippen LogP contribution in [0.25, 0.3) is 11.2 Å². The van der Waals surface area contributed by atoms with Crippen molar-refractivity contribution in [3.8, 4) is 0 Å². The van der Waals surface area contributed by atoms with Crippen LogP contribution in [-0.4, -0.2) is 59.2 Å². The van der Waals surface area contributed by atoms with E-state index in [1.54, 1.807) is 0 Å². The summed E-state index contributed by atoms with van der Waals surface area (Å²) in [5.74, 6) is 2.12. The van der Waals surface area contributed by atoms with E-state index in [-0.39, 0.29) is 0 Å². The number of hydrogen-bond acceptors (Lipinski definition) is 8. The Hall–Kier alpha value is -2.71. The SMILES string of the molecule is Clc1nc2c(N3CCCCC3)nc(N3CCNCC3)nc2nc1NCc1ccccc1. The van der Waals surface area contributed by atoms with Gasteiger partial charge in [-0.05, 0) is 24.8 Å². The van der Waals surface area contributed by atoms with Gasteiger partial charge < -0.3 is 20.4 Å². The molecule has 2 aliphatic rings. The fourth-order valence-electron chi connectivity index (χ4n) is 4.13.